The molecular weight excluding hydrogens is 874 g/mol. The van der Waals surface area contributed by atoms with Crippen LogP contribution in [0.4, 0.5) is 10.1 Å². The second-order valence-electron chi connectivity index (χ2n) is 20.5. The fourth-order valence-corrected chi connectivity index (χ4v) is 12.5. The molecule has 5 aliphatic heterocycles. The van der Waals surface area contributed by atoms with Crippen LogP contribution < -0.4 is 4.90 Å². The van der Waals surface area contributed by atoms with Crippen LogP contribution >= 0.6 is 0 Å². The summed E-state index contributed by atoms with van der Waals surface area (Å²) in [6.45, 7) is 4.76. The van der Waals surface area contributed by atoms with E-state index in [1.54, 1.807) is 0 Å². The topological polar surface area (TPSA) is 84.5 Å². The maximum Gasteiger partial charge on any atom is 0.245 e. The Hall–Kier alpha value is -5.97. The van der Waals surface area contributed by atoms with Gasteiger partial charge in [0.15, 0.2) is 11.6 Å². The van der Waals surface area contributed by atoms with Crippen molar-refractivity contribution in [1.82, 2.24) is 19.6 Å². The Morgan fingerprint density at radius 1 is 0.443 bits per heavy atom. The molecule has 364 valence electrons. The van der Waals surface area contributed by atoms with Gasteiger partial charge in [-0.1, -0.05) is 122 Å². The molecule has 10 heteroatoms. The predicted octanol–water partition coefficient (Wildman–Crippen LogP) is 10.6. The maximum absolute atomic E-state index is 14.4. The third kappa shape index (κ3) is 10.4. The summed E-state index contributed by atoms with van der Waals surface area (Å²) in [5, 5.41) is 0. The molecule has 0 N–H and O–H groups in total. The van der Waals surface area contributed by atoms with Crippen LogP contribution in [0.5, 0.6) is 0 Å². The second-order valence-corrected chi connectivity index (χ2v) is 20.5. The zero-order valence-corrected chi connectivity index (χ0v) is 40.6. The van der Waals surface area contributed by atoms with E-state index in [4.69, 9.17) is 0 Å². The van der Waals surface area contributed by atoms with E-state index in [0.29, 0.717) is 25.9 Å². The van der Waals surface area contributed by atoms with Crippen molar-refractivity contribution in [2.45, 2.75) is 126 Å². The summed E-state index contributed by atoms with van der Waals surface area (Å²) >= 11 is 0. The quantitative estimate of drug-likeness (QED) is 0.103. The molecule has 5 saturated heterocycles. The highest BCUT2D eigenvalue weighted by atomic mass is 19.1. The number of halogens is 1. The molecular formula is C60H68FN5O4. The molecule has 0 unspecified atom stereocenters. The molecule has 6 atom stereocenters. The first-order chi connectivity index (χ1) is 34.3. The van der Waals surface area contributed by atoms with Gasteiger partial charge in [0.2, 0.25) is 11.8 Å². The van der Waals surface area contributed by atoms with Crippen molar-refractivity contribution in [2.24, 2.45) is 0 Å². The van der Waals surface area contributed by atoms with Crippen LogP contribution in [0.3, 0.4) is 0 Å². The van der Waals surface area contributed by atoms with Crippen LogP contribution in [-0.4, -0.2) is 94.3 Å². The van der Waals surface area contributed by atoms with Gasteiger partial charge in [0.25, 0.3) is 0 Å². The number of carbonyl (C=O) groups excluding carboxylic acids is 4. The van der Waals surface area contributed by atoms with Crippen molar-refractivity contribution in [2.75, 3.05) is 44.2 Å². The standard InChI is InChI=1S/C60H68FN5O4/c61-49-29-31-50(32-30-49)66-51(45-25-21-43(22-26-45)41-55(67)53-19-13-39-64(53)59(69)57(47-15-5-1-6-16-47)62-35-9-3-10-36-62)33-34-52(66)46-27-23-44(24-28-46)42-56(68)54-20-14-40-65(54)60(70)58(48-17-7-2-8-18-48)63-37-11-4-12-38-63/h1-2,5-8,15-18,21-32,51-54,57-58H,3-4,9-14,19-20,33-42H2/t51-,52+,53-,54-,57+,58+/m0/s1. The number of rotatable bonds is 15. The lowest BCUT2D eigenvalue weighted by atomic mass is 9.97. The van der Waals surface area contributed by atoms with Crippen molar-refractivity contribution in [1.29, 1.82) is 0 Å². The SMILES string of the molecule is O=C(Cc1ccc([C@H]2CC[C@@H](c3ccc(CC(=O)[C@@H]4CCCN4C(=O)[C@@H](c4ccccc4)N4CCCCC4)cc3)N2c2ccc(F)cc2)cc1)[C@@H]1CCCN1C(=O)[C@@H](c1ccccc1)N1CCCCC1. The number of benzene rings is 5. The number of carbonyl (C=O) groups is 4. The summed E-state index contributed by atoms with van der Waals surface area (Å²) in [5.74, 6) is -0.0243. The number of ketones is 2. The molecule has 0 radical (unpaired) electrons. The molecule has 5 fully saturated rings. The predicted molar refractivity (Wildman–Crippen MR) is 273 cm³/mol. The van der Waals surface area contributed by atoms with Crippen molar-refractivity contribution in [3.63, 3.8) is 0 Å². The van der Waals surface area contributed by atoms with Crippen LogP contribution in [0.25, 0.3) is 0 Å². The van der Waals surface area contributed by atoms with E-state index < -0.39 is 12.1 Å². The monoisotopic (exact) mass is 942 g/mol. The lowest BCUT2D eigenvalue weighted by Crippen LogP contribution is -2.48. The minimum absolute atomic E-state index is 0.0182. The lowest BCUT2D eigenvalue weighted by molar-refractivity contribution is -0.142. The number of hydrogen-bond acceptors (Lipinski definition) is 7. The van der Waals surface area contributed by atoms with E-state index in [-0.39, 0.29) is 66.2 Å². The molecule has 70 heavy (non-hydrogen) atoms. The Labute approximate surface area is 413 Å². The average Bonchev–Trinajstić information content (AvgIpc) is 4.21. The minimum atomic E-state index is -0.430. The van der Waals surface area contributed by atoms with Gasteiger partial charge in [-0.25, -0.2) is 4.39 Å². The van der Waals surface area contributed by atoms with Gasteiger partial charge >= 0.3 is 0 Å². The van der Waals surface area contributed by atoms with E-state index in [1.807, 2.05) is 82.6 Å². The lowest BCUT2D eigenvalue weighted by Gasteiger charge is -2.37. The number of anilines is 1. The van der Waals surface area contributed by atoms with Crippen molar-refractivity contribution in [3.8, 4) is 0 Å². The molecule has 5 aromatic rings. The third-order valence-electron chi connectivity index (χ3n) is 16.0. The molecule has 0 aliphatic carbocycles. The van der Waals surface area contributed by atoms with Crippen molar-refractivity contribution < 1.29 is 23.6 Å². The Morgan fingerprint density at radius 3 is 1.24 bits per heavy atom. The fourth-order valence-electron chi connectivity index (χ4n) is 12.5. The van der Waals surface area contributed by atoms with Gasteiger partial charge in [0, 0.05) is 31.6 Å². The summed E-state index contributed by atoms with van der Waals surface area (Å²) in [6.07, 6.45) is 12.0. The van der Waals surface area contributed by atoms with Gasteiger partial charge in [0.05, 0.1) is 24.2 Å². The van der Waals surface area contributed by atoms with Gasteiger partial charge in [0.1, 0.15) is 17.9 Å². The Morgan fingerprint density at radius 2 is 0.843 bits per heavy atom. The molecule has 0 bridgehead atoms. The van der Waals surface area contributed by atoms with Crippen LogP contribution in [-0.2, 0) is 32.0 Å². The highest BCUT2D eigenvalue weighted by molar-refractivity contribution is 5.94. The summed E-state index contributed by atoms with van der Waals surface area (Å²) in [6, 6.07) is 42.1. The fraction of sp³-hybridized carbons (Fsp3) is 0.433. The molecule has 9 nitrogen and oxygen atoms in total. The first-order valence-electron chi connectivity index (χ1n) is 26.3. The van der Waals surface area contributed by atoms with Gasteiger partial charge in [-0.3, -0.25) is 29.0 Å². The third-order valence-corrected chi connectivity index (χ3v) is 16.0. The molecule has 10 rings (SSSR count). The zero-order chi connectivity index (χ0) is 48.0. The van der Waals surface area contributed by atoms with Crippen LogP contribution in [0.1, 0.15) is 135 Å². The molecule has 0 aromatic heterocycles. The molecule has 2 amide bonds. The second kappa shape index (κ2) is 22.0. The molecule has 5 heterocycles. The zero-order valence-electron chi connectivity index (χ0n) is 40.6. The van der Waals surface area contributed by atoms with Crippen LogP contribution in [0, 0.1) is 5.82 Å². The first kappa shape index (κ1) is 47.7. The van der Waals surface area contributed by atoms with Crippen molar-refractivity contribution >= 4 is 29.1 Å². The van der Waals surface area contributed by atoms with Gasteiger partial charge in [-0.2, -0.15) is 0 Å². The van der Waals surface area contributed by atoms with Crippen LogP contribution in [0.15, 0.2) is 133 Å². The van der Waals surface area contributed by atoms with Crippen molar-refractivity contribution in [3.05, 3.63) is 173 Å². The number of hydrogen-bond donors (Lipinski definition) is 0. The molecule has 0 spiro atoms. The normalized spacial score (nSPS) is 23.1. The average molecular weight is 942 g/mol. The smallest absolute Gasteiger partial charge is 0.245 e. The van der Waals surface area contributed by atoms with E-state index in [0.717, 1.165) is 117 Å². The maximum atomic E-state index is 14.4. The summed E-state index contributed by atoms with van der Waals surface area (Å²) in [5.41, 5.74) is 7.04. The van der Waals surface area contributed by atoms with Crippen LogP contribution in [0.2, 0.25) is 0 Å². The number of amides is 2. The number of likely N-dealkylation sites (tertiary alicyclic amines) is 4. The first-order valence-corrected chi connectivity index (χ1v) is 26.3. The number of Topliss-reactive ketones (excluding diaryl/α,β-unsaturated/α-hetero) is 2. The van der Waals surface area contributed by atoms with E-state index in [1.165, 1.54) is 25.0 Å². The summed E-state index contributed by atoms with van der Waals surface area (Å²) in [7, 11) is 0. The summed E-state index contributed by atoms with van der Waals surface area (Å²) in [4.78, 5) is 67.8. The minimum Gasteiger partial charge on any atom is -0.357 e. The largest absolute Gasteiger partial charge is 0.357 e. The highest BCUT2D eigenvalue weighted by Crippen LogP contribution is 2.47. The Kier molecular flexibility index (Phi) is 15.0. The van der Waals surface area contributed by atoms with E-state index >= 15 is 0 Å². The van der Waals surface area contributed by atoms with E-state index in [2.05, 4.69) is 63.2 Å². The van der Waals surface area contributed by atoms with E-state index in [9.17, 15) is 23.6 Å². The summed E-state index contributed by atoms with van der Waals surface area (Å²) < 4.78 is 14.4. The molecule has 5 aromatic carbocycles. The molecule has 5 aliphatic rings. The number of piperidine rings is 2. The Bertz CT molecular complexity index is 2410. The Balaban J connectivity index is 0.809. The van der Waals surface area contributed by atoms with Gasteiger partial charge < -0.3 is 14.7 Å². The highest BCUT2D eigenvalue weighted by Gasteiger charge is 2.42. The van der Waals surface area contributed by atoms with Gasteiger partial charge in [-0.05, 0) is 148 Å². The molecule has 0 saturated carbocycles. The van der Waals surface area contributed by atoms with Gasteiger partial charge in [-0.15, -0.1) is 0 Å². The number of nitrogens with zero attached hydrogens (tertiary/aromatic N) is 5.